The molecule has 0 fully saturated rings. The summed E-state index contributed by atoms with van der Waals surface area (Å²) in [5, 5.41) is 2.76. The molecule has 2 rings (SSSR count). The van der Waals surface area contributed by atoms with Crippen molar-refractivity contribution in [3.05, 3.63) is 65.5 Å². The summed E-state index contributed by atoms with van der Waals surface area (Å²) in [5.41, 5.74) is 1.50. The minimum Gasteiger partial charge on any atom is -0.462 e. The van der Waals surface area contributed by atoms with Crippen LogP contribution < -0.4 is 5.32 Å². The lowest BCUT2D eigenvalue weighted by Gasteiger charge is -2.06. The molecule has 1 amide bonds. The van der Waals surface area contributed by atoms with Gasteiger partial charge in [-0.3, -0.25) is 9.78 Å². The SMILES string of the molecule is CCOC(=O)c1ccnc(C(=O)NCc2ccccc2)c1. The lowest BCUT2D eigenvalue weighted by atomic mass is 10.2. The van der Waals surface area contributed by atoms with Gasteiger partial charge in [-0.15, -0.1) is 0 Å². The number of carbonyl (C=O) groups excluding carboxylic acids is 2. The Morgan fingerprint density at radius 1 is 1.19 bits per heavy atom. The van der Waals surface area contributed by atoms with Gasteiger partial charge in [0.25, 0.3) is 5.91 Å². The summed E-state index contributed by atoms with van der Waals surface area (Å²) in [7, 11) is 0. The van der Waals surface area contributed by atoms with Crippen molar-refractivity contribution in [3.8, 4) is 0 Å². The minimum atomic E-state index is -0.461. The van der Waals surface area contributed by atoms with Gasteiger partial charge in [-0.2, -0.15) is 0 Å². The summed E-state index contributed by atoms with van der Waals surface area (Å²) in [4.78, 5) is 27.6. The number of carbonyl (C=O) groups is 2. The van der Waals surface area contributed by atoms with Gasteiger partial charge in [0.05, 0.1) is 12.2 Å². The number of benzene rings is 1. The van der Waals surface area contributed by atoms with Crippen LogP contribution in [0.3, 0.4) is 0 Å². The van der Waals surface area contributed by atoms with Crippen molar-refractivity contribution in [2.24, 2.45) is 0 Å². The van der Waals surface area contributed by atoms with Gasteiger partial charge in [0.1, 0.15) is 5.69 Å². The summed E-state index contributed by atoms with van der Waals surface area (Å²) in [6.07, 6.45) is 1.42. The number of amides is 1. The van der Waals surface area contributed by atoms with E-state index in [0.717, 1.165) is 5.56 Å². The molecule has 1 N–H and O–H groups in total. The highest BCUT2D eigenvalue weighted by atomic mass is 16.5. The van der Waals surface area contributed by atoms with Crippen LogP contribution >= 0.6 is 0 Å². The number of hydrogen-bond acceptors (Lipinski definition) is 4. The fourth-order valence-corrected chi connectivity index (χ4v) is 1.76. The van der Waals surface area contributed by atoms with Gasteiger partial charge in [0, 0.05) is 12.7 Å². The van der Waals surface area contributed by atoms with Crippen LogP contribution in [-0.2, 0) is 11.3 Å². The lowest BCUT2D eigenvalue weighted by molar-refractivity contribution is 0.0526. The average molecular weight is 284 g/mol. The summed E-state index contributed by atoms with van der Waals surface area (Å²) >= 11 is 0. The Morgan fingerprint density at radius 2 is 1.95 bits per heavy atom. The van der Waals surface area contributed by atoms with E-state index in [1.807, 2.05) is 30.3 Å². The van der Waals surface area contributed by atoms with Crippen LogP contribution in [0.15, 0.2) is 48.7 Å². The third-order valence-electron chi connectivity index (χ3n) is 2.80. The van der Waals surface area contributed by atoms with Crippen LogP contribution in [0.2, 0.25) is 0 Å². The van der Waals surface area contributed by atoms with Gasteiger partial charge in [-0.1, -0.05) is 30.3 Å². The Morgan fingerprint density at radius 3 is 2.67 bits per heavy atom. The van der Waals surface area contributed by atoms with E-state index in [9.17, 15) is 9.59 Å². The molecular formula is C16H16N2O3. The lowest BCUT2D eigenvalue weighted by Crippen LogP contribution is -2.24. The Balaban J connectivity index is 2.02. The van der Waals surface area contributed by atoms with E-state index >= 15 is 0 Å². The molecule has 21 heavy (non-hydrogen) atoms. The molecule has 0 radical (unpaired) electrons. The first-order chi connectivity index (χ1) is 10.2. The van der Waals surface area contributed by atoms with E-state index in [2.05, 4.69) is 10.3 Å². The van der Waals surface area contributed by atoms with Crippen molar-refractivity contribution in [2.45, 2.75) is 13.5 Å². The summed E-state index contributed by atoms with van der Waals surface area (Å²) in [5.74, 6) is -0.790. The molecule has 0 saturated heterocycles. The number of esters is 1. The van der Waals surface area contributed by atoms with Crippen molar-refractivity contribution < 1.29 is 14.3 Å². The number of aromatic nitrogens is 1. The van der Waals surface area contributed by atoms with Crippen molar-refractivity contribution >= 4 is 11.9 Å². The molecule has 0 spiro atoms. The van der Waals surface area contributed by atoms with E-state index in [0.29, 0.717) is 12.1 Å². The molecule has 0 aliphatic carbocycles. The van der Waals surface area contributed by atoms with Crippen LogP contribution in [0, 0.1) is 0 Å². The molecule has 0 unspecified atom stereocenters. The van der Waals surface area contributed by atoms with Crippen molar-refractivity contribution in [2.75, 3.05) is 6.61 Å². The first-order valence-corrected chi connectivity index (χ1v) is 6.66. The predicted molar refractivity (Wildman–Crippen MR) is 77.8 cm³/mol. The molecule has 0 atom stereocenters. The molecule has 5 heteroatoms. The maximum absolute atomic E-state index is 12.0. The van der Waals surface area contributed by atoms with Gasteiger partial charge < -0.3 is 10.1 Å². The second-order valence-corrected chi connectivity index (χ2v) is 4.32. The van der Waals surface area contributed by atoms with Crippen LogP contribution in [0.4, 0.5) is 0 Å². The highest BCUT2D eigenvalue weighted by molar-refractivity contribution is 5.96. The fourth-order valence-electron chi connectivity index (χ4n) is 1.76. The molecule has 0 aliphatic rings. The Labute approximate surface area is 123 Å². The third kappa shape index (κ3) is 4.14. The van der Waals surface area contributed by atoms with Gasteiger partial charge >= 0.3 is 5.97 Å². The number of nitrogens with one attached hydrogen (secondary N) is 1. The Bertz CT molecular complexity index is 626. The monoisotopic (exact) mass is 284 g/mol. The average Bonchev–Trinajstić information content (AvgIpc) is 2.54. The highest BCUT2D eigenvalue weighted by Crippen LogP contribution is 2.05. The molecule has 0 saturated carbocycles. The van der Waals surface area contributed by atoms with Crippen LogP contribution in [0.1, 0.15) is 33.3 Å². The second-order valence-electron chi connectivity index (χ2n) is 4.32. The van der Waals surface area contributed by atoms with Gasteiger partial charge in [0.15, 0.2) is 0 Å². The zero-order valence-electron chi connectivity index (χ0n) is 11.7. The number of hydrogen-bond donors (Lipinski definition) is 1. The van der Waals surface area contributed by atoms with E-state index in [1.54, 1.807) is 6.92 Å². The highest BCUT2D eigenvalue weighted by Gasteiger charge is 2.12. The quantitative estimate of drug-likeness (QED) is 0.855. The first-order valence-electron chi connectivity index (χ1n) is 6.66. The zero-order chi connectivity index (χ0) is 15.1. The third-order valence-corrected chi connectivity index (χ3v) is 2.80. The molecule has 0 aliphatic heterocycles. The molecule has 2 aromatic rings. The van der Waals surface area contributed by atoms with E-state index < -0.39 is 5.97 Å². The largest absolute Gasteiger partial charge is 0.462 e. The summed E-state index contributed by atoms with van der Waals surface area (Å²) < 4.78 is 4.89. The topological polar surface area (TPSA) is 68.3 Å². The van der Waals surface area contributed by atoms with Gasteiger partial charge in [-0.25, -0.2) is 4.79 Å². The molecule has 0 bridgehead atoms. The zero-order valence-corrected chi connectivity index (χ0v) is 11.7. The molecule has 1 aromatic heterocycles. The number of nitrogens with zero attached hydrogens (tertiary/aromatic N) is 1. The van der Waals surface area contributed by atoms with Gasteiger partial charge in [0.2, 0.25) is 0 Å². The van der Waals surface area contributed by atoms with Crippen molar-refractivity contribution in [1.29, 1.82) is 0 Å². The number of pyridine rings is 1. The summed E-state index contributed by atoms with van der Waals surface area (Å²) in [6, 6.07) is 12.5. The van der Waals surface area contributed by atoms with E-state index in [-0.39, 0.29) is 18.2 Å². The van der Waals surface area contributed by atoms with Crippen LogP contribution in [-0.4, -0.2) is 23.5 Å². The Kier molecular flexibility index (Phi) is 5.04. The number of rotatable bonds is 5. The normalized spacial score (nSPS) is 9.95. The molecule has 108 valence electrons. The second kappa shape index (κ2) is 7.19. The smallest absolute Gasteiger partial charge is 0.338 e. The van der Waals surface area contributed by atoms with E-state index in [1.165, 1.54) is 18.3 Å². The number of ether oxygens (including phenoxy) is 1. The van der Waals surface area contributed by atoms with Crippen LogP contribution in [0.5, 0.6) is 0 Å². The fraction of sp³-hybridized carbons (Fsp3) is 0.188. The summed E-state index contributed by atoms with van der Waals surface area (Å²) in [6.45, 7) is 2.42. The molecule has 5 nitrogen and oxygen atoms in total. The molecule has 1 aromatic carbocycles. The van der Waals surface area contributed by atoms with Crippen molar-refractivity contribution in [1.82, 2.24) is 10.3 Å². The molecule has 1 heterocycles. The standard InChI is InChI=1S/C16H16N2O3/c1-2-21-16(20)13-8-9-17-14(10-13)15(19)18-11-12-6-4-3-5-7-12/h3-10H,2,11H2,1H3,(H,18,19). The van der Waals surface area contributed by atoms with E-state index in [4.69, 9.17) is 4.74 Å². The van der Waals surface area contributed by atoms with Crippen molar-refractivity contribution in [3.63, 3.8) is 0 Å². The predicted octanol–water partition coefficient (Wildman–Crippen LogP) is 2.19. The maximum Gasteiger partial charge on any atom is 0.338 e. The molecular weight excluding hydrogens is 268 g/mol. The Hall–Kier alpha value is -2.69. The van der Waals surface area contributed by atoms with Gasteiger partial charge in [-0.05, 0) is 24.6 Å². The first kappa shape index (κ1) is 14.7. The minimum absolute atomic E-state index is 0.191. The maximum atomic E-state index is 12.0. The van der Waals surface area contributed by atoms with Crippen LogP contribution in [0.25, 0.3) is 0 Å².